The van der Waals surface area contributed by atoms with Gasteiger partial charge in [-0.2, -0.15) is 0 Å². The number of ether oxygens (including phenoxy) is 1. The van der Waals surface area contributed by atoms with Gasteiger partial charge in [0.1, 0.15) is 18.1 Å². The van der Waals surface area contributed by atoms with Gasteiger partial charge in [0, 0.05) is 24.3 Å². The van der Waals surface area contributed by atoms with E-state index in [9.17, 15) is 4.79 Å². The highest BCUT2D eigenvalue weighted by atomic mass is 32.1. The molecule has 2 aromatic heterocycles. The summed E-state index contributed by atoms with van der Waals surface area (Å²) in [5.41, 5.74) is 10.8. The molecule has 6 heteroatoms. The summed E-state index contributed by atoms with van der Waals surface area (Å²) in [6.45, 7) is 0.385. The van der Waals surface area contributed by atoms with Gasteiger partial charge in [-0.15, -0.1) is 11.3 Å². The molecule has 2 heterocycles. The third-order valence-electron chi connectivity index (χ3n) is 6.68. The van der Waals surface area contributed by atoms with Crippen molar-refractivity contribution < 1.29 is 9.53 Å². The van der Waals surface area contributed by atoms with Gasteiger partial charge in [-0.3, -0.25) is 4.79 Å². The Morgan fingerprint density at radius 3 is 2.61 bits per heavy atom. The van der Waals surface area contributed by atoms with Crippen molar-refractivity contribution in [3.63, 3.8) is 0 Å². The lowest BCUT2D eigenvalue weighted by atomic mass is 9.82. The number of carbonyl (C=O) groups excluding carboxylic acids is 1. The minimum absolute atomic E-state index is 0.120. The fourth-order valence-electron chi connectivity index (χ4n) is 4.67. The standard InChI is InChI=1S/C27H29N3O2S/c1-30-24-14-15-33-26(24)16-25(30)27(31)29-23-5-3-2-4-20(23)17-32-22-12-8-19(9-13-22)18-6-10-21(28)11-7-18/h2-5,8-9,12-16,18,21H,6-7,10-11,17,28H2,1H3,(H,29,31). The number of anilines is 1. The number of nitrogens with two attached hydrogens (primary N) is 1. The van der Waals surface area contributed by atoms with Gasteiger partial charge in [0.15, 0.2) is 0 Å². The van der Waals surface area contributed by atoms with Crippen LogP contribution in [0.3, 0.4) is 0 Å². The molecule has 0 radical (unpaired) electrons. The Bertz CT molecular complexity index is 1250. The van der Waals surface area contributed by atoms with Crippen molar-refractivity contribution >= 4 is 33.1 Å². The van der Waals surface area contributed by atoms with Gasteiger partial charge in [-0.25, -0.2) is 0 Å². The summed E-state index contributed by atoms with van der Waals surface area (Å²) >= 11 is 1.64. The molecular formula is C27H29N3O2S. The molecule has 3 N–H and O–H groups in total. The van der Waals surface area contributed by atoms with Crippen molar-refractivity contribution in [1.29, 1.82) is 0 Å². The number of hydrogen-bond donors (Lipinski definition) is 2. The monoisotopic (exact) mass is 459 g/mol. The normalized spacial score (nSPS) is 18.4. The summed E-state index contributed by atoms with van der Waals surface area (Å²) in [6.07, 6.45) is 4.53. The first kappa shape index (κ1) is 21.7. The fourth-order valence-corrected chi connectivity index (χ4v) is 5.52. The molecule has 2 aromatic carbocycles. The number of hydrogen-bond acceptors (Lipinski definition) is 4. The first-order valence-electron chi connectivity index (χ1n) is 11.5. The lowest BCUT2D eigenvalue weighted by Crippen LogP contribution is -2.25. The van der Waals surface area contributed by atoms with Gasteiger partial charge in [-0.05, 0) is 72.9 Å². The third kappa shape index (κ3) is 4.68. The van der Waals surface area contributed by atoms with E-state index in [1.165, 1.54) is 5.56 Å². The van der Waals surface area contributed by atoms with Gasteiger partial charge in [0.25, 0.3) is 5.91 Å². The zero-order valence-corrected chi connectivity index (χ0v) is 19.6. The number of amides is 1. The number of nitrogens with zero attached hydrogens (tertiary/aromatic N) is 1. The fraction of sp³-hybridized carbons (Fsp3) is 0.296. The van der Waals surface area contributed by atoms with E-state index in [0.717, 1.165) is 52.9 Å². The van der Waals surface area contributed by atoms with Crippen LogP contribution in [0, 0.1) is 0 Å². The largest absolute Gasteiger partial charge is 0.489 e. The summed E-state index contributed by atoms with van der Waals surface area (Å²) in [5.74, 6) is 1.31. The zero-order chi connectivity index (χ0) is 22.8. The lowest BCUT2D eigenvalue weighted by molar-refractivity contribution is 0.101. The number of aromatic nitrogens is 1. The Hall–Kier alpha value is -3.09. The highest BCUT2D eigenvalue weighted by molar-refractivity contribution is 7.17. The molecule has 170 valence electrons. The van der Waals surface area contributed by atoms with Crippen molar-refractivity contribution in [2.75, 3.05) is 5.32 Å². The van der Waals surface area contributed by atoms with E-state index in [4.69, 9.17) is 10.5 Å². The van der Waals surface area contributed by atoms with Crippen LogP contribution in [0.25, 0.3) is 10.2 Å². The van der Waals surface area contributed by atoms with E-state index in [1.807, 2.05) is 65.5 Å². The molecule has 1 aliphatic rings. The molecule has 5 rings (SSSR count). The number of aryl methyl sites for hydroxylation is 1. The van der Waals surface area contributed by atoms with E-state index in [1.54, 1.807) is 11.3 Å². The summed E-state index contributed by atoms with van der Waals surface area (Å²) in [4.78, 5) is 13.0. The molecule has 0 atom stereocenters. The first-order valence-corrected chi connectivity index (χ1v) is 12.4. The van der Waals surface area contributed by atoms with Crippen LogP contribution in [0.4, 0.5) is 5.69 Å². The van der Waals surface area contributed by atoms with Crippen LogP contribution < -0.4 is 15.8 Å². The number of benzene rings is 2. The molecule has 33 heavy (non-hydrogen) atoms. The zero-order valence-electron chi connectivity index (χ0n) is 18.8. The summed E-state index contributed by atoms with van der Waals surface area (Å²) < 4.78 is 9.11. The van der Waals surface area contributed by atoms with E-state index < -0.39 is 0 Å². The van der Waals surface area contributed by atoms with Gasteiger partial charge in [0.05, 0.1) is 10.2 Å². The molecule has 1 fully saturated rings. The molecule has 0 unspecified atom stereocenters. The van der Waals surface area contributed by atoms with Crippen molar-refractivity contribution in [1.82, 2.24) is 4.57 Å². The number of fused-ring (bicyclic) bond motifs is 1. The average molecular weight is 460 g/mol. The molecule has 1 amide bonds. The number of thiophene rings is 1. The summed E-state index contributed by atoms with van der Waals surface area (Å²) in [6, 6.07) is 20.6. The number of nitrogens with one attached hydrogen (secondary N) is 1. The summed E-state index contributed by atoms with van der Waals surface area (Å²) in [5, 5.41) is 5.10. The maximum Gasteiger partial charge on any atom is 0.272 e. The highest BCUT2D eigenvalue weighted by Crippen LogP contribution is 2.33. The average Bonchev–Trinajstić information content (AvgIpc) is 3.42. The van der Waals surface area contributed by atoms with Crippen molar-refractivity contribution in [2.24, 2.45) is 12.8 Å². The molecule has 0 saturated heterocycles. The van der Waals surface area contributed by atoms with E-state index in [0.29, 0.717) is 24.3 Å². The maximum atomic E-state index is 13.0. The van der Waals surface area contributed by atoms with Crippen LogP contribution in [0.2, 0.25) is 0 Å². The van der Waals surface area contributed by atoms with E-state index in [-0.39, 0.29) is 5.91 Å². The van der Waals surface area contributed by atoms with Crippen molar-refractivity contribution in [2.45, 2.75) is 44.2 Å². The Morgan fingerprint density at radius 2 is 1.85 bits per heavy atom. The third-order valence-corrected chi connectivity index (χ3v) is 7.53. The van der Waals surface area contributed by atoms with Crippen LogP contribution in [0.15, 0.2) is 66.0 Å². The van der Waals surface area contributed by atoms with Crippen LogP contribution in [0.1, 0.15) is 53.2 Å². The minimum Gasteiger partial charge on any atom is -0.489 e. The molecule has 5 nitrogen and oxygen atoms in total. The first-order chi connectivity index (χ1) is 16.1. The topological polar surface area (TPSA) is 69.3 Å². The smallest absolute Gasteiger partial charge is 0.272 e. The predicted molar refractivity (Wildman–Crippen MR) is 135 cm³/mol. The molecular weight excluding hydrogens is 430 g/mol. The second kappa shape index (κ2) is 9.41. The van der Waals surface area contributed by atoms with Crippen LogP contribution in [-0.2, 0) is 13.7 Å². The Balaban J connectivity index is 1.24. The molecule has 4 aromatic rings. The minimum atomic E-state index is -0.120. The molecule has 0 bridgehead atoms. The van der Waals surface area contributed by atoms with Crippen molar-refractivity contribution in [3.8, 4) is 5.75 Å². The SMILES string of the molecule is Cn1c(C(=O)Nc2ccccc2COc2ccc(C3CCC(N)CC3)cc2)cc2sccc21. The van der Waals surface area contributed by atoms with Crippen molar-refractivity contribution in [3.05, 3.63) is 82.9 Å². The second-order valence-electron chi connectivity index (χ2n) is 8.84. The van der Waals surface area contributed by atoms with Crippen LogP contribution in [-0.4, -0.2) is 16.5 Å². The summed E-state index contributed by atoms with van der Waals surface area (Å²) in [7, 11) is 1.92. The molecule has 0 aliphatic heterocycles. The number of para-hydroxylation sites is 1. The maximum absolute atomic E-state index is 13.0. The Morgan fingerprint density at radius 1 is 1.09 bits per heavy atom. The Kier molecular flexibility index (Phi) is 6.20. The second-order valence-corrected chi connectivity index (χ2v) is 9.79. The quantitative estimate of drug-likeness (QED) is 0.368. The number of rotatable bonds is 6. The van der Waals surface area contributed by atoms with Crippen LogP contribution in [0.5, 0.6) is 5.75 Å². The molecule has 1 saturated carbocycles. The van der Waals surface area contributed by atoms with Crippen LogP contribution >= 0.6 is 11.3 Å². The lowest BCUT2D eigenvalue weighted by Gasteiger charge is -2.26. The van der Waals surface area contributed by atoms with Gasteiger partial charge < -0.3 is 20.4 Å². The molecule has 1 aliphatic carbocycles. The van der Waals surface area contributed by atoms with E-state index in [2.05, 4.69) is 17.4 Å². The van der Waals surface area contributed by atoms with Gasteiger partial charge >= 0.3 is 0 Å². The van der Waals surface area contributed by atoms with Gasteiger partial charge in [-0.1, -0.05) is 30.3 Å². The number of carbonyl (C=O) groups is 1. The molecule has 0 spiro atoms. The highest BCUT2D eigenvalue weighted by Gasteiger charge is 2.20. The van der Waals surface area contributed by atoms with E-state index >= 15 is 0 Å². The Labute approximate surface area is 198 Å². The van der Waals surface area contributed by atoms with Gasteiger partial charge in [0.2, 0.25) is 0 Å². The predicted octanol–water partition coefficient (Wildman–Crippen LogP) is 6.06.